The molecule has 2 aromatic carbocycles. The second kappa shape index (κ2) is 6.42. The van der Waals surface area contributed by atoms with E-state index in [0.29, 0.717) is 16.1 Å². The van der Waals surface area contributed by atoms with Crippen LogP contribution in [0.1, 0.15) is 12.5 Å². The molecule has 2 aromatic rings. The molecular formula is C16H17Cl2N. The molecule has 0 radical (unpaired) electrons. The van der Waals surface area contributed by atoms with E-state index < -0.39 is 0 Å². The molecule has 0 aliphatic rings. The maximum Gasteiger partial charge on any atom is 0.0499 e. The highest BCUT2D eigenvalue weighted by atomic mass is 35.5. The Morgan fingerprint density at radius 2 is 1.74 bits per heavy atom. The van der Waals surface area contributed by atoms with Gasteiger partial charge in [0.2, 0.25) is 0 Å². The predicted octanol–water partition coefficient (Wildman–Crippen LogP) is 4.81. The van der Waals surface area contributed by atoms with Crippen molar-refractivity contribution < 1.29 is 0 Å². The van der Waals surface area contributed by atoms with Gasteiger partial charge in [-0.05, 0) is 43.7 Å². The SMILES string of the molecule is CNC(C)Cc1ccc(-c2ccc(Cl)cc2Cl)cc1. The minimum atomic E-state index is 0.477. The summed E-state index contributed by atoms with van der Waals surface area (Å²) in [6, 6.07) is 14.6. The summed E-state index contributed by atoms with van der Waals surface area (Å²) in [6.07, 6.45) is 1.02. The summed E-state index contributed by atoms with van der Waals surface area (Å²) in [5, 5.41) is 4.58. The lowest BCUT2D eigenvalue weighted by molar-refractivity contribution is 0.608. The van der Waals surface area contributed by atoms with Crippen LogP contribution in [0.15, 0.2) is 42.5 Å². The first-order valence-electron chi connectivity index (χ1n) is 6.32. The Hall–Kier alpha value is -1.02. The second-order valence-electron chi connectivity index (χ2n) is 4.71. The molecule has 2 rings (SSSR count). The van der Waals surface area contributed by atoms with Crippen LogP contribution in [-0.2, 0) is 6.42 Å². The molecular weight excluding hydrogens is 277 g/mol. The third kappa shape index (κ3) is 3.73. The fourth-order valence-electron chi connectivity index (χ4n) is 2.00. The van der Waals surface area contributed by atoms with Gasteiger partial charge in [-0.2, -0.15) is 0 Å². The third-order valence-electron chi connectivity index (χ3n) is 3.23. The Morgan fingerprint density at radius 1 is 1.05 bits per heavy atom. The Balaban J connectivity index is 2.22. The molecule has 0 amide bonds. The third-order valence-corrected chi connectivity index (χ3v) is 3.78. The van der Waals surface area contributed by atoms with E-state index in [1.165, 1.54) is 5.56 Å². The van der Waals surface area contributed by atoms with Crippen molar-refractivity contribution in [2.75, 3.05) is 7.05 Å². The monoisotopic (exact) mass is 293 g/mol. The van der Waals surface area contributed by atoms with Crippen LogP contribution in [-0.4, -0.2) is 13.1 Å². The van der Waals surface area contributed by atoms with Crippen LogP contribution in [0.5, 0.6) is 0 Å². The number of hydrogen-bond acceptors (Lipinski definition) is 1. The van der Waals surface area contributed by atoms with E-state index in [4.69, 9.17) is 23.2 Å². The molecule has 0 aliphatic carbocycles. The molecule has 0 saturated heterocycles. The minimum Gasteiger partial charge on any atom is -0.317 e. The number of benzene rings is 2. The maximum atomic E-state index is 6.22. The number of halogens is 2. The molecule has 1 unspecified atom stereocenters. The van der Waals surface area contributed by atoms with Crippen molar-refractivity contribution in [3.8, 4) is 11.1 Å². The number of rotatable bonds is 4. The van der Waals surface area contributed by atoms with E-state index in [1.807, 2.05) is 19.2 Å². The molecule has 100 valence electrons. The zero-order valence-electron chi connectivity index (χ0n) is 11.1. The van der Waals surface area contributed by atoms with Crippen molar-refractivity contribution in [1.29, 1.82) is 0 Å². The van der Waals surface area contributed by atoms with Crippen molar-refractivity contribution in [1.82, 2.24) is 5.32 Å². The highest BCUT2D eigenvalue weighted by molar-refractivity contribution is 6.36. The largest absolute Gasteiger partial charge is 0.317 e. The van der Waals surface area contributed by atoms with Crippen LogP contribution in [0.25, 0.3) is 11.1 Å². The molecule has 1 N–H and O–H groups in total. The van der Waals surface area contributed by atoms with E-state index in [-0.39, 0.29) is 0 Å². The topological polar surface area (TPSA) is 12.0 Å². The average Bonchev–Trinajstić information content (AvgIpc) is 2.40. The Morgan fingerprint density at radius 3 is 2.32 bits per heavy atom. The van der Waals surface area contributed by atoms with Gasteiger partial charge in [-0.1, -0.05) is 53.5 Å². The van der Waals surface area contributed by atoms with Gasteiger partial charge in [-0.25, -0.2) is 0 Å². The normalized spacial score (nSPS) is 12.4. The van der Waals surface area contributed by atoms with Crippen LogP contribution in [0, 0.1) is 0 Å². The van der Waals surface area contributed by atoms with Crippen molar-refractivity contribution in [2.24, 2.45) is 0 Å². The molecule has 0 bridgehead atoms. The van der Waals surface area contributed by atoms with Crippen LogP contribution in [0.3, 0.4) is 0 Å². The fourth-order valence-corrected chi connectivity index (χ4v) is 2.52. The van der Waals surface area contributed by atoms with Gasteiger partial charge in [0, 0.05) is 21.7 Å². The molecule has 0 aliphatic heterocycles. The summed E-state index contributed by atoms with van der Waals surface area (Å²) in [5.41, 5.74) is 3.44. The van der Waals surface area contributed by atoms with Gasteiger partial charge in [-0.3, -0.25) is 0 Å². The lowest BCUT2D eigenvalue weighted by atomic mass is 10.0. The smallest absolute Gasteiger partial charge is 0.0499 e. The minimum absolute atomic E-state index is 0.477. The van der Waals surface area contributed by atoms with E-state index in [1.54, 1.807) is 6.07 Å². The molecule has 0 spiro atoms. The summed E-state index contributed by atoms with van der Waals surface area (Å²) < 4.78 is 0. The van der Waals surface area contributed by atoms with Gasteiger partial charge in [0.1, 0.15) is 0 Å². The molecule has 0 saturated carbocycles. The summed E-state index contributed by atoms with van der Waals surface area (Å²) in [5.74, 6) is 0. The van der Waals surface area contributed by atoms with Crippen molar-refractivity contribution in [3.05, 3.63) is 58.1 Å². The summed E-state index contributed by atoms with van der Waals surface area (Å²) in [6.45, 7) is 2.17. The fraction of sp³-hybridized carbons (Fsp3) is 0.250. The highest BCUT2D eigenvalue weighted by Gasteiger charge is 2.05. The zero-order valence-corrected chi connectivity index (χ0v) is 12.6. The average molecular weight is 294 g/mol. The first-order chi connectivity index (χ1) is 9.10. The van der Waals surface area contributed by atoms with Gasteiger partial charge in [0.15, 0.2) is 0 Å². The van der Waals surface area contributed by atoms with Crippen molar-refractivity contribution in [3.63, 3.8) is 0 Å². The molecule has 19 heavy (non-hydrogen) atoms. The van der Waals surface area contributed by atoms with E-state index in [0.717, 1.165) is 17.5 Å². The molecule has 0 aromatic heterocycles. The summed E-state index contributed by atoms with van der Waals surface area (Å²) in [4.78, 5) is 0. The molecule has 3 heteroatoms. The quantitative estimate of drug-likeness (QED) is 0.853. The molecule has 0 fully saturated rings. The van der Waals surface area contributed by atoms with Crippen molar-refractivity contribution in [2.45, 2.75) is 19.4 Å². The Bertz CT molecular complexity index is 549. The van der Waals surface area contributed by atoms with Crippen molar-refractivity contribution >= 4 is 23.2 Å². The van der Waals surface area contributed by atoms with Crippen LogP contribution in [0.4, 0.5) is 0 Å². The second-order valence-corrected chi connectivity index (χ2v) is 5.56. The van der Waals surface area contributed by atoms with Crippen LogP contribution in [0.2, 0.25) is 10.0 Å². The predicted molar refractivity (Wildman–Crippen MR) is 84.1 cm³/mol. The first-order valence-corrected chi connectivity index (χ1v) is 7.07. The van der Waals surface area contributed by atoms with Gasteiger partial charge < -0.3 is 5.32 Å². The molecule has 1 nitrogen and oxygen atoms in total. The standard InChI is InChI=1S/C16H17Cl2N/c1-11(19-2)9-12-3-5-13(6-4-12)15-8-7-14(17)10-16(15)18/h3-8,10-11,19H,9H2,1-2H3. The van der Waals surface area contributed by atoms with E-state index >= 15 is 0 Å². The van der Waals surface area contributed by atoms with E-state index in [2.05, 4.69) is 36.5 Å². The molecule has 0 heterocycles. The first kappa shape index (κ1) is 14.4. The number of likely N-dealkylation sites (N-methyl/N-ethyl adjacent to an activating group) is 1. The summed E-state index contributed by atoms with van der Waals surface area (Å²) in [7, 11) is 1.98. The van der Waals surface area contributed by atoms with E-state index in [9.17, 15) is 0 Å². The van der Waals surface area contributed by atoms with Gasteiger partial charge in [0.25, 0.3) is 0 Å². The van der Waals surface area contributed by atoms with Crippen LogP contribution < -0.4 is 5.32 Å². The van der Waals surface area contributed by atoms with Gasteiger partial charge >= 0.3 is 0 Å². The Labute approximate surface area is 124 Å². The lowest BCUT2D eigenvalue weighted by Crippen LogP contribution is -2.23. The summed E-state index contributed by atoms with van der Waals surface area (Å²) >= 11 is 12.1. The lowest BCUT2D eigenvalue weighted by Gasteiger charge is -2.11. The van der Waals surface area contributed by atoms with Crippen LogP contribution >= 0.6 is 23.2 Å². The Kier molecular flexibility index (Phi) is 4.87. The molecule has 1 atom stereocenters. The number of nitrogens with one attached hydrogen (secondary N) is 1. The number of hydrogen-bond donors (Lipinski definition) is 1. The highest BCUT2D eigenvalue weighted by Crippen LogP contribution is 2.30. The van der Waals surface area contributed by atoms with Gasteiger partial charge in [-0.15, -0.1) is 0 Å². The zero-order chi connectivity index (χ0) is 13.8. The van der Waals surface area contributed by atoms with Gasteiger partial charge in [0.05, 0.1) is 0 Å². The maximum absolute atomic E-state index is 6.22.